The van der Waals surface area contributed by atoms with Crippen LogP contribution in [-0.4, -0.2) is 11.5 Å². The van der Waals surface area contributed by atoms with Gasteiger partial charge < -0.3 is 16.5 Å². The molecule has 0 aromatic heterocycles. The van der Waals surface area contributed by atoms with Crippen molar-refractivity contribution in [1.82, 2.24) is 6.15 Å². The SMILES string of the molecule is CC.CC1=CCCC=C1.Cc1ccc2c(c1)[C@H]1CC=CC=C1N2[C@H]1C=CCCC1.N.O. The summed E-state index contributed by atoms with van der Waals surface area (Å²) in [6, 6.07) is 7.52. The molecule has 0 bridgehead atoms. The van der Waals surface area contributed by atoms with Crippen LogP contribution in [0.3, 0.4) is 0 Å². The van der Waals surface area contributed by atoms with Gasteiger partial charge in [0.1, 0.15) is 0 Å². The second-order valence-corrected chi connectivity index (χ2v) is 8.09. The second kappa shape index (κ2) is 13.1. The van der Waals surface area contributed by atoms with E-state index in [1.165, 1.54) is 60.2 Å². The number of aryl methyl sites for hydroxylation is 1. The molecule has 31 heavy (non-hydrogen) atoms. The van der Waals surface area contributed by atoms with E-state index in [1.807, 2.05) is 13.8 Å². The summed E-state index contributed by atoms with van der Waals surface area (Å²) in [6.07, 6.45) is 25.7. The Labute approximate surface area is 189 Å². The Bertz CT molecular complexity index is 845. The largest absolute Gasteiger partial charge is 0.412 e. The number of benzene rings is 1. The first-order chi connectivity index (χ1) is 14.2. The minimum absolute atomic E-state index is 0. The molecule has 3 nitrogen and oxygen atoms in total. The van der Waals surface area contributed by atoms with Crippen LogP contribution in [0.5, 0.6) is 0 Å². The third kappa shape index (κ3) is 6.32. The zero-order valence-corrected chi connectivity index (χ0v) is 19.9. The summed E-state index contributed by atoms with van der Waals surface area (Å²) in [5, 5.41) is 0. The molecule has 0 saturated carbocycles. The first-order valence-corrected chi connectivity index (χ1v) is 11.5. The van der Waals surface area contributed by atoms with Gasteiger partial charge in [-0.2, -0.15) is 0 Å². The summed E-state index contributed by atoms with van der Waals surface area (Å²) >= 11 is 0. The van der Waals surface area contributed by atoms with Crippen molar-refractivity contribution in [2.75, 3.05) is 4.90 Å². The van der Waals surface area contributed by atoms with Gasteiger partial charge in [0.25, 0.3) is 0 Å². The Morgan fingerprint density at radius 1 is 0.968 bits per heavy atom. The van der Waals surface area contributed by atoms with Crippen molar-refractivity contribution in [3.63, 3.8) is 0 Å². The van der Waals surface area contributed by atoms with E-state index >= 15 is 0 Å². The lowest BCUT2D eigenvalue weighted by Crippen LogP contribution is -2.32. The first-order valence-electron chi connectivity index (χ1n) is 11.5. The molecule has 1 aromatic carbocycles. The van der Waals surface area contributed by atoms with Crippen LogP contribution < -0.4 is 11.1 Å². The maximum absolute atomic E-state index is 2.60. The van der Waals surface area contributed by atoms with Crippen LogP contribution in [0.4, 0.5) is 5.69 Å². The van der Waals surface area contributed by atoms with Gasteiger partial charge in [-0.3, -0.25) is 0 Å². The van der Waals surface area contributed by atoms with Crippen LogP contribution in [-0.2, 0) is 0 Å². The summed E-state index contributed by atoms with van der Waals surface area (Å²) in [5.41, 5.74) is 7.25. The molecular weight excluding hydrogens is 380 g/mol. The Morgan fingerprint density at radius 3 is 2.39 bits per heavy atom. The van der Waals surface area contributed by atoms with Crippen molar-refractivity contribution in [3.8, 4) is 0 Å². The number of anilines is 1. The zero-order chi connectivity index (χ0) is 20.6. The number of hydrogen-bond donors (Lipinski definition) is 1. The molecule has 1 heterocycles. The average Bonchev–Trinajstić information content (AvgIpc) is 3.10. The van der Waals surface area contributed by atoms with Gasteiger partial charge in [0.05, 0.1) is 6.04 Å². The van der Waals surface area contributed by atoms with Gasteiger partial charge in [-0.15, -0.1) is 0 Å². The lowest BCUT2D eigenvalue weighted by molar-refractivity contribution is 0.611. The second-order valence-electron chi connectivity index (χ2n) is 8.09. The molecule has 4 aliphatic rings. The summed E-state index contributed by atoms with van der Waals surface area (Å²) in [4.78, 5) is 2.60. The molecule has 0 radical (unpaired) electrons. The Balaban J connectivity index is 0.000000375. The lowest BCUT2D eigenvalue weighted by atomic mass is 9.91. The van der Waals surface area contributed by atoms with Gasteiger partial charge in [-0.25, -0.2) is 0 Å². The fraction of sp³-hybridized carbons (Fsp3) is 0.429. The number of allylic oxidation sites excluding steroid dienone is 9. The zero-order valence-electron chi connectivity index (χ0n) is 19.9. The maximum Gasteiger partial charge on any atom is 0.0519 e. The predicted octanol–water partition coefficient (Wildman–Crippen LogP) is 7.50. The monoisotopic (exact) mass is 422 g/mol. The Morgan fingerprint density at radius 2 is 1.77 bits per heavy atom. The third-order valence-corrected chi connectivity index (χ3v) is 5.97. The van der Waals surface area contributed by atoms with Crippen LogP contribution in [0.15, 0.2) is 78.1 Å². The molecule has 5 N–H and O–H groups in total. The molecule has 170 valence electrons. The maximum atomic E-state index is 2.60. The smallest absolute Gasteiger partial charge is 0.0519 e. The average molecular weight is 423 g/mol. The van der Waals surface area contributed by atoms with E-state index in [1.54, 1.807) is 0 Å². The molecular formula is C28H42N2O. The van der Waals surface area contributed by atoms with Crippen molar-refractivity contribution in [3.05, 3.63) is 89.2 Å². The van der Waals surface area contributed by atoms with Crippen LogP contribution >= 0.6 is 0 Å². The van der Waals surface area contributed by atoms with E-state index in [0.717, 1.165) is 6.42 Å². The molecule has 3 heteroatoms. The highest BCUT2D eigenvalue weighted by Gasteiger charge is 2.36. The molecule has 5 rings (SSSR count). The van der Waals surface area contributed by atoms with Crippen LogP contribution in [0.2, 0.25) is 0 Å². The Hall–Kier alpha value is -2.36. The van der Waals surface area contributed by atoms with Gasteiger partial charge in [0.15, 0.2) is 0 Å². The van der Waals surface area contributed by atoms with Gasteiger partial charge in [-0.1, -0.05) is 79.6 Å². The number of nitrogens with zero attached hydrogens (tertiary/aromatic N) is 1. The first kappa shape index (κ1) is 26.7. The fourth-order valence-electron chi connectivity index (χ4n) is 4.59. The number of hydrogen-bond acceptors (Lipinski definition) is 2. The van der Waals surface area contributed by atoms with E-state index in [9.17, 15) is 0 Å². The lowest BCUT2D eigenvalue weighted by Gasteiger charge is -2.32. The van der Waals surface area contributed by atoms with E-state index in [4.69, 9.17) is 0 Å². The molecule has 1 aromatic rings. The summed E-state index contributed by atoms with van der Waals surface area (Å²) in [7, 11) is 0. The molecule has 2 atom stereocenters. The van der Waals surface area contributed by atoms with Gasteiger partial charge in [0.2, 0.25) is 0 Å². The predicted molar refractivity (Wildman–Crippen MR) is 137 cm³/mol. The van der Waals surface area contributed by atoms with Crippen molar-refractivity contribution < 1.29 is 5.48 Å². The van der Waals surface area contributed by atoms with Crippen molar-refractivity contribution >= 4 is 5.69 Å². The van der Waals surface area contributed by atoms with Crippen LogP contribution in [0.25, 0.3) is 0 Å². The summed E-state index contributed by atoms with van der Waals surface area (Å²) in [6.45, 7) is 8.33. The molecule has 0 amide bonds. The molecule has 1 aliphatic heterocycles. The van der Waals surface area contributed by atoms with E-state index in [-0.39, 0.29) is 11.6 Å². The van der Waals surface area contributed by atoms with Crippen molar-refractivity contribution in [2.45, 2.75) is 78.2 Å². The van der Waals surface area contributed by atoms with Gasteiger partial charge in [-0.05, 0) is 70.1 Å². The standard InChI is InChI=1S/C19H21N.C7H10.C2H6.H3N.H2O/c1-14-11-12-19-17(13-14)16-9-5-6-10-18(16)20(19)15-7-3-2-4-8-15;1-7-5-3-2-4-6-7;1-2;;/h3,5-7,10-13,15-16H,2,4,8-9H2,1H3;3,5-6H,2,4H2,1H3;1-2H3;1H3;1H2/t15-,16+;;;;/m0..../s1. The highest BCUT2D eigenvalue weighted by atomic mass is 16.0. The molecule has 3 aliphatic carbocycles. The topological polar surface area (TPSA) is 69.7 Å². The minimum atomic E-state index is 0. The molecule has 0 saturated heterocycles. The Kier molecular flexibility index (Phi) is 11.3. The fourth-order valence-corrected chi connectivity index (χ4v) is 4.59. The molecule has 0 fully saturated rings. The highest BCUT2D eigenvalue weighted by Crippen LogP contribution is 2.49. The van der Waals surface area contributed by atoms with Gasteiger partial charge >= 0.3 is 0 Å². The molecule has 0 spiro atoms. The highest BCUT2D eigenvalue weighted by molar-refractivity contribution is 5.71. The molecule has 0 unspecified atom stereocenters. The quantitative estimate of drug-likeness (QED) is 0.476. The van der Waals surface area contributed by atoms with Crippen LogP contribution in [0.1, 0.15) is 76.3 Å². The minimum Gasteiger partial charge on any atom is -0.412 e. The van der Waals surface area contributed by atoms with E-state index in [0.29, 0.717) is 12.0 Å². The normalized spacial score (nSPS) is 22.1. The van der Waals surface area contributed by atoms with Gasteiger partial charge in [0, 0.05) is 17.3 Å². The summed E-state index contributed by atoms with van der Waals surface area (Å²) in [5.74, 6) is 0.574. The number of rotatable bonds is 1. The van der Waals surface area contributed by atoms with E-state index < -0.39 is 0 Å². The van der Waals surface area contributed by atoms with Crippen molar-refractivity contribution in [1.29, 1.82) is 0 Å². The summed E-state index contributed by atoms with van der Waals surface area (Å²) < 4.78 is 0. The van der Waals surface area contributed by atoms with E-state index in [2.05, 4.69) is 85.6 Å². The van der Waals surface area contributed by atoms with Crippen molar-refractivity contribution in [2.24, 2.45) is 0 Å². The number of fused-ring (bicyclic) bond motifs is 3. The van der Waals surface area contributed by atoms with Crippen LogP contribution in [0, 0.1) is 6.92 Å². The third-order valence-electron chi connectivity index (χ3n) is 5.97.